The van der Waals surface area contributed by atoms with Gasteiger partial charge in [-0.2, -0.15) is 11.3 Å². The van der Waals surface area contributed by atoms with Gasteiger partial charge in [0, 0.05) is 24.7 Å². The van der Waals surface area contributed by atoms with Gasteiger partial charge in [-0.1, -0.05) is 19.3 Å². The molecule has 0 unspecified atom stereocenters. The van der Waals surface area contributed by atoms with Gasteiger partial charge in [-0.3, -0.25) is 14.7 Å². The van der Waals surface area contributed by atoms with Crippen LogP contribution in [0.3, 0.4) is 0 Å². The Morgan fingerprint density at radius 2 is 1.93 bits per heavy atom. The number of carbonyl (C=O) groups is 1. The molecule has 0 atom stereocenters. The first-order chi connectivity index (χ1) is 14.2. The van der Waals surface area contributed by atoms with Crippen LogP contribution in [0.25, 0.3) is 0 Å². The average Bonchev–Trinajstić information content (AvgIpc) is 3.26. The Kier molecular flexibility index (Phi) is 6.98. The third-order valence-electron chi connectivity index (χ3n) is 6.55. The summed E-state index contributed by atoms with van der Waals surface area (Å²) in [5.74, 6) is 1.10. The Morgan fingerprint density at radius 1 is 1.14 bits per heavy atom. The molecule has 0 spiro atoms. The SMILES string of the molecule is Cc1ccc(C(=O)NCC2CCCCC2)c(C2CCN(Cc3ccsc3)CC2)n1. The van der Waals surface area contributed by atoms with Crippen molar-refractivity contribution in [3.63, 3.8) is 0 Å². The van der Waals surface area contributed by atoms with Gasteiger partial charge in [-0.05, 0) is 86.1 Å². The molecule has 29 heavy (non-hydrogen) atoms. The highest BCUT2D eigenvalue weighted by molar-refractivity contribution is 7.07. The van der Waals surface area contributed by atoms with E-state index in [2.05, 4.69) is 27.0 Å². The monoisotopic (exact) mass is 411 g/mol. The fourth-order valence-electron chi connectivity index (χ4n) is 4.81. The molecule has 1 saturated carbocycles. The molecule has 3 heterocycles. The molecule has 1 saturated heterocycles. The Labute approximate surface area is 178 Å². The van der Waals surface area contributed by atoms with Crippen LogP contribution < -0.4 is 5.32 Å². The first kappa shape index (κ1) is 20.5. The molecule has 1 N–H and O–H groups in total. The molecule has 2 aromatic heterocycles. The molecule has 1 aliphatic carbocycles. The molecule has 1 amide bonds. The maximum absolute atomic E-state index is 13.0. The lowest BCUT2D eigenvalue weighted by Crippen LogP contribution is -2.34. The van der Waals surface area contributed by atoms with Gasteiger partial charge < -0.3 is 5.32 Å². The lowest BCUT2D eigenvalue weighted by atomic mass is 9.88. The van der Waals surface area contributed by atoms with E-state index >= 15 is 0 Å². The molecular weight excluding hydrogens is 378 g/mol. The van der Waals surface area contributed by atoms with E-state index in [0.717, 1.165) is 56.0 Å². The average molecular weight is 412 g/mol. The normalized spacial score (nSPS) is 19.3. The van der Waals surface area contributed by atoms with Crippen molar-refractivity contribution in [2.45, 2.75) is 64.3 Å². The highest BCUT2D eigenvalue weighted by atomic mass is 32.1. The van der Waals surface area contributed by atoms with E-state index in [4.69, 9.17) is 4.98 Å². The third-order valence-corrected chi connectivity index (χ3v) is 7.28. The van der Waals surface area contributed by atoms with Gasteiger partial charge in [0.05, 0.1) is 11.3 Å². The fourth-order valence-corrected chi connectivity index (χ4v) is 5.47. The zero-order valence-corrected chi connectivity index (χ0v) is 18.3. The summed E-state index contributed by atoms with van der Waals surface area (Å²) in [4.78, 5) is 20.3. The van der Waals surface area contributed by atoms with Gasteiger partial charge in [-0.25, -0.2) is 0 Å². The standard InChI is InChI=1S/C24H33N3OS/c1-18-7-8-22(24(28)25-15-19-5-3-2-4-6-19)23(26-18)21-9-12-27(13-10-21)16-20-11-14-29-17-20/h7-8,11,14,17,19,21H,2-6,9-10,12-13,15-16H2,1H3,(H,25,28). The van der Waals surface area contributed by atoms with E-state index in [1.165, 1.54) is 37.7 Å². The molecule has 4 nitrogen and oxygen atoms in total. The maximum Gasteiger partial charge on any atom is 0.253 e. The summed E-state index contributed by atoms with van der Waals surface area (Å²) in [7, 11) is 0. The number of hydrogen-bond acceptors (Lipinski definition) is 4. The van der Waals surface area contributed by atoms with Crippen LogP contribution in [0.4, 0.5) is 0 Å². The molecule has 2 aliphatic rings. The minimum absolute atomic E-state index is 0.0683. The molecule has 0 radical (unpaired) electrons. The molecule has 2 fully saturated rings. The Hall–Kier alpha value is -1.72. The van der Waals surface area contributed by atoms with E-state index in [-0.39, 0.29) is 5.91 Å². The van der Waals surface area contributed by atoms with Crippen molar-refractivity contribution in [3.8, 4) is 0 Å². The van der Waals surface area contributed by atoms with Crippen LogP contribution >= 0.6 is 11.3 Å². The molecule has 2 aromatic rings. The number of amides is 1. The lowest BCUT2D eigenvalue weighted by Gasteiger charge is -2.32. The van der Waals surface area contributed by atoms with Crippen molar-refractivity contribution in [2.24, 2.45) is 5.92 Å². The number of pyridine rings is 1. The van der Waals surface area contributed by atoms with E-state index < -0.39 is 0 Å². The minimum Gasteiger partial charge on any atom is -0.352 e. The largest absolute Gasteiger partial charge is 0.352 e. The van der Waals surface area contributed by atoms with Gasteiger partial charge in [0.1, 0.15) is 0 Å². The van der Waals surface area contributed by atoms with Gasteiger partial charge in [0.2, 0.25) is 0 Å². The maximum atomic E-state index is 13.0. The van der Waals surface area contributed by atoms with Crippen LogP contribution in [0.15, 0.2) is 29.0 Å². The number of nitrogens with zero attached hydrogens (tertiary/aromatic N) is 2. The number of aryl methyl sites for hydroxylation is 1. The van der Waals surface area contributed by atoms with Crippen molar-refractivity contribution < 1.29 is 4.79 Å². The highest BCUT2D eigenvalue weighted by Crippen LogP contribution is 2.30. The molecule has 4 rings (SSSR count). The zero-order chi connectivity index (χ0) is 20.1. The quantitative estimate of drug-likeness (QED) is 0.716. The summed E-state index contributed by atoms with van der Waals surface area (Å²) in [6, 6.07) is 6.18. The first-order valence-electron chi connectivity index (χ1n) is 11.2. The van der Waals surface area contributed by atoms with Gasteiger partial charge in [0.25, 0.3) is 5.91 Å². The van der Waals surface area contributed by atoms with E-state index in [1.807, 2.05) is 19.1 Å². The van der Waals surface area contributed by atoms with Crippen LogP contribution in [-0.2, 0) is 6.54 Å². The van der Waals surface area contributed by atoms with Gasteiger partial charge in [-0.15, -0.1) is 0 Å². The van der Waals surface area contributed by atoms with Crippen molar-refractivity contribution in [1.29, 1.82) is 0 Å². The Balaban J connectivity index is 1.38. The Bertz CT molecular complexity index is 790. The summed E-state index contributed by atoms with van der Waals surface area (Å²) in [6.45, 7) is 6.01. The minimum atomic E-state index is 0.0683. The Morgan fingerprint density at radius 3 is 2.66 bits per heavy atom. The van der Waals surface area contributed by atoms with Crippen LogP contribution in [0.5, 0.6) is 0 Å². The molecule has 156 valence electrons. The number of aromatic nitrogens is 1. The van der Waals surface area contributed by atoms with Crippen molar-refractivity contribution in [1.82, 2.24) is 15.2 Å². The molecule has 0 aromatic carbocycles. The summed E-state index contributed by atoms with van der Waals surface area (Å²) >= 11 is 1.77. The second kappa shape index (κ2) is 9.86. The smallest absolute Gasteiger partial charge is 0.253 e. The van der Waals surface area contributed by atoms with Crippen molar-refractivity contribution >= 4 is 17.2 Å². The summed E-state index contributed by atoms with van der Waals surface area (Å²) in [6.07, 6.45) is 8.61. The van der Waals surface area contributed by atoms with Crippen LogP contribution in [0.1, 0.15) is 78.2 Å². The van der Waals surface area contributed by atoms with Gasteiger partial charge in [0.15, 0.2) is 0 Å². The molecule has 1 aliphatic heterocycles. The molecule has 5 heteroatoms. The zero-order valence-electron chi connectivity index (χ0n) is 17.5. The number of hydrogen-bond donors (Lipinski definition) is 1. The van der Waals surface area contributed by atoms with E-state index in [0.29, 0.717) is 11.8 Å². The van der Waals surface area contributed by atoms with Crippen LogP contribution in [-0.4, -0.2) is 35.4 Å². The van der Waals surface area contributed by atoms with Gasteiger partial charge >= 0.3 is 0 Å². The molecular formula is C24H33N3OS. The number of piperidine rings is 1. The summed E-state index contributed by atoms with van der Waals surface area (Å²) in [5.41, 5.74) is 4.22. The summed E-state index contributed by atoms with van der Waals surface area (Å²) < 4.78 is 0. The number of likely N-dealkylation sites (tertiary alicyclic amines) is 1. The second-order valence-electron chi connectivity index (χ2n) is 8.78. The predicted molar refractivity (Wildman–Crippen MR) is 119 cm³/mol. The fraction of sp³-hybridized carbons (Fsp3) is 0.583. The second-order valence-corrected chi connectivity index (χ2v) is 9.56. The number of rotatable bonds is 6. The molecule has 0 bridgehead atoms. The number of thiophene rings is 1. The third kappa shape index (κ3) is 5.46. The number of carbonyl (C=O) groups excluding carboxylic acids is 1. The lowest BCUT2D eigenvalue weighted by molar-refractivity contribution is 0.0940. The predicted octanol–water partition coefficient (Wildman–Crippen LogP) is 5.14. The number of nitrogens with one attached hydrogen (secondary N) is 1. The van der Waals surface area contributed by atoms with Crippen LogP contribution in [0, 0.1) is 12.8 Å². The summed E-state index contributed by atoms with van der Waals surface area (Å²) in [5, 5.41) is 7.61. The van der Waals surface area contributed by atoms with Crippen molar-refractivity contribution in [3.05, 3.63) is 51.5 Å². The van der Waals surface area contributed by atoms with E-state index in [1.54, 1.807) is 11.3 Å². The van der Waals surface area contributed by atoms with E-state index in [9.17, 15) is 4.79 Å². The highest BCUT2D eigenvalue weighted by Gasteiger charge is 2.26. The first-order valence-corrected chi connectivity index (χ1v) is 12.1. The van der Waals surface area contributed by atoms with Crippen molar-refractivity contribution in [2.75, 3.05) is 19.6 Å². The van der Waals surface area contributed by atoms with Crippen LogP contribution in [0.2, 0.25) is 0 Å². The topological polar surface area (TPSA) is 45.2 Å².